The molecule has 0 spiro atoms. The summed E-state index contributed by atoms with van der Waals surface area (Å²) in [6.45, 7) is 4.11. The van der Waals surface area contributed by atoms with Gasteiger partial charge < -0.3 is 14.9 Å². The number of unbranched alkanes of at least 4 members (excludes halogenated alkanes) is 1. The standard InChI is InChI=1S/C35H46O8S2/c1-4-5-12-25(2)32(36)18-17-30-31-22-26(21-27(31)23-33(30)37)24-35(20-19-34(38)43-3,44(39,40)28-13-8-6-9-14-28)45(41,42)29-15-10-7-11-16-29/h6-11,13-18,21,25,27,30-33,36-37H,4-5,12,19-20,22-24H2,1-3H3/b18-17+/t25?,27-,30-,31-,32+,33+/m0/s1. The highest BCUT2D eigenvalue weighted by Crippen LogP contribution is 2.52. The van der Waals surface area contributed by atoms with Crippen molar-refractivity contribution in [3.63, 3.8) is 0 Å². The van der Waals surface area contributed by atoms with Crippen molar-refractivity contribution in [1.29, 1.82) is 0 Å². The molecule has 6 atom stereocenters. The smallest absolute Gasteiger partial charge is 0.305 e. The molecule has 0 bridgehead atoms. The largest absolute Gasteiger partial charge is 0.469 e. The zero-order chi connectivity index (χ0) is 32.8. The van der Waals surface area contributed by atoms with Gasteiger partial charge in [-0.2, -0.15) is 0 Å². The van der Waals surface area contributed by atoms with Gasteiger partial charge in [0.05, 0.1) is 29.1 Å². The van der Waals surface area contributed by atoms with E-state index in [-0.39, 0.29) is 39.9 Å². The van der Waals surface area contributed by atoms with E-state index in [1.807, 2.05) is 19.1 Å². The number of aliphatic hydroxyl groups excluding tert-OH is 2. The van der Waals surface area contributed by atoms with Crippen LogP contribution in [-0.2, 0) is 29.2 Å². The molecule has 1 saturated carbocycles. The van der Waals surface area contributed by atoms with Crippen LogP contribution in [0.5, 0.6) is 0 Å². The first-order valence-corrected chi connectivity index (χ1v) is 18.7. The number of allylic oxidation sites excluding steroid dienone is 2. The van der Waals surface area contributed by atoms with Gasteiger partial charge in [-0.05, 0) is 67.7 Å². The van der Waals surface area contributed by atoms with E-state index >= 15 is 0 Å². The fraction of sp³-hybridized carbons (Fsp3) is 0.514. The van der Waals surface area contributed by atoms with Crippen molar-refractivity contribution in [3.05, 3.63) is 84.5 Å². The lowest BCUT2D eigenvalue weighted by Crippen LogP contribution is -2.47. The average molecular weight is 659 g/mol. The van der Waals surface area contributed by atoms with Crippen LogP contribution in [0.25, 0.3) is 0 Å². The fourth-order valence-corrected chi connectivity index (χ4v) is 12.0. The molecule has 246 valence electrons. The lowest BCUT2D eigenvalue weighted by atomic mass is 9.87. The molecule has 1 unspecified atom stereocenters. The third-order valence-electron chi connectivity index (χ3n) is 9.60. The molecule has 2 aliphatic carbocycles. The van der Waals surface area contributed by atoms with Crippen LogP contribution in [0.1, 0.15) is 65.2 Å². The van der Waals surface area contributed by atoms with Crippen molar-refractivity contribution in [2.24, 2.45) is 23.7 Å². The van der Waals surface area contributed by atoms with E-state index in [9.17, 15) is 31.8 Å². The Bertz CT molecular complexity index is 1500. The van der Waals surface area contributed by atoms with Gasteiger partial charge in [0, 0.05) is 18.8 Å². The molecule has 10 heteroatoms. The molecule has 2 aromatic rings. The van der Waals surface area contributed by atoms with Crippen molar-refractivity contribution >= 4 is 25.6 Å². The van der Waals surface area contributed by atoms with Gasteiger partial charge in [-0.25, -0.2) is 16.8 Å². The van der Waals surface area contributed by atoms with Crippen molar-refractivity contribution in [3.8, 4) is 0 Å². The van der Waals surface area contributed by atoms with E-state index in [2.05, 4.69) is 6.92 Å². The number of rotatable bonds is 15. The number of sulfone groups is 2. The number of hydrogen-bond acceptors (Lipinski definition) is 8. The molecule has 0 aliphatic heterocycles. The highest BCUT2D eigenvalue weighted by molar-refractivity contribution is 8.10. The summed E-state index contributed by atoms with van der Waals surface area (Å²) in [7, 11) is -7.98. The number of carbonyl (C=O) groups is 1. The Hall–Kier alpha value is -2.79. The summed E-state index contributed by atoms with van der Waals surface area (Å²) < 4.78 is 60.9. The molecule has 1 fully saturated rings. The normalized spacial score (nSPS) is 23.4. The topological polar surface area (TPSA) is 135 Å². The Kier molecular flexibility index (Phi) is 11.5. The van der Waals surface area contributed by atoms with Crippen LogP contribution in [0.3, 0.4) is 0 Å². The quantitative estimate of drug-likeness (QED) is 0.185. The minimum absolute atomic E-state index is 0.0680. The van der Waals surface area contributed by atoms with Gasteiger partial charge in [0.2, 0.25) is 0 Å². The van der Waals surface area contributed by atoms with Gasteiger partial charge in [0.15, 0.2) is 23.8 Å². The second kappa shape index (κ2) is 14.8. The van der Waals surface area contributed by atoms with E-state index in [0.717, 1.165) is 19.3 Å². The molecule has 8 nitrogen and oxygen atoms in total. The third-order valence-corrected chi connectivity index (χ3v) is 15.4. The van der Waals surface area contributed by atoms with Gasteiger partial charge in [-0.15, -0.1) is 0 Å². The van der Waals surface area contributed by atoms with Crippen LogP contribution in [0.15, 0.2) is 94.3 Å². The lowest BCUT2D eigenvalue weighted by molar-refractivity contribution is -0.140. The van der Waals surface area contributed by atoms with E-state index in [4.69, 9.17) is 4.74 Å². The van der Waals surface area contributed by atoms with E-state index < -0.39 is 54.8 Å². The SMILES string of the molecule is CCCCC(C)[C@H](O)/C=C/[C@H]1[C@H]2CC(CC(CCC(=O)OC)(S(=O)(=O)c3ccccc3)S(=O)(=O)c3ccccc3)=C[C@H]2C[C@H]1O. The first-order chi connectivity index (χ1) is 21.4. The molecule has 2 N–H and O–H groups in total. The van der Waals surface area contributed by atoms with Crippen LogP contribution in [0, 0.1) is 23.7 Å². The second-order valence-electron chi connectivity index (χ2n) is 12.5. The van der Waals surface area contributed by atoms with E-state index in [1.165, 1.54) is 31.4 Å². The molecule has 2 aromatic carbocycles. The molecule has 2 aliphatic rings. The minimum atomic E-state index is -4.58. The molecule has 0 amide bonds. The Balaban J connectivity index is 1.74. The maximum absolute atomic E-state index is 14.6. The molecule has 4 rings (SSSR count). The maximum atomic E-state index is 14.6. The second-order valence-corrected chi connectivity index (χ2v) is 17.3. The Labute approximate surface area is 268 Å². The Morgan fingerprint density at radius 3 is 2.13 bits per heavy atom. The maximum Gasteiger partial charge on any atom is 0.305 e. The number of hydrogen-bond donors (Lipinski definition) is 2. The zero-order valence-electron chi connectivity index (χ0n) is 26.3. The summed E-state index contributed by atoms with van der Waals surface area (Å²) in [5, 5.41) is 21.6. The van der Waals surface area contributed by atoms with Crippen molar-refractivity contribution in [2.75, 3.05) is 7.11 Å². The van der Waals surface area contributed by atoms with Crippen molar-refractivity contribution in [1.82, 2.24) is 0 Å². The summed E-state index contributed by atoms with van der Waals surface area (Å²) in [6.07, 6.45) is 6.88. The summed E-state index contributed by atoms with van der Waals surface area (Å²) in [5.74, 6) is -1.03. The minimum Gasteiger partial charge on any atom is -0.469 e. The van der Waals surface area contributed by atoms with Crippen LogP contribution in [0.4, 0.5) is 0 Å². The summed E-state index contributed by atoms with van der Waals surface area (Å²) >= 11 is 0. The lowest BCUT2D eigenvalue weighted by Gasteiger charge is -2.34. The number of benzene rings is 2. The monoisotopic (exact) mass is 658 g/mol. The first kappa shape index (κ1) is 35.1. The van der Waals surface area contributed by atoms with Gasteiger partial charge in [-0.1, -0.05) is 86.9 Å². The van der Waals surface area contributed by atoms with Crippen LogP contribution < -0.4 is 0 Å². The highest BCUT2D eigenvalue weighted by Gasteiger charge is 2.57. The predicted molar refractivity (Wildman–Crippen MR) is 173 cm³/mol. The number of carbonyl (C=O) groups excluding carboxylic acids is 1. The summed E-state index contributed by atoms with van der Waals surface area (Å²) in [6, 6.07) is 15.0. The summed E-state index contributed by atoms with van der Waals surface area (Å²) in [4.78, 5) is 12.1. The van der Waals surface area contributed by atoms with Crippen molar-refractivity contribution in [2.45, 2.75) is 91.3 Å². The average Bonchev–Trinajstić information content (AvgIpc) is 3.56. The van der Waals surface area contributed by atoms with Crippen molar-refractivity contribution < 1.29 is 36.6 Å². The fourth-order valence-electron chi connectivity index (χ4n) is 6.93. The van der Waals surface area contributed by atoms with Gasteiger partial charge in [0.25, 0.3) is 0 Å². The van der Waals surface area contributed by atoms with Crippen LogP contribution in [-0.4, -0.2) is 56.4 Å². The molecule has 0 heterocycles. The number of esters is 1. The van der Waals surface area contributed by atoms with E-state index in [1.54, 1.807) is 42.5 Å². The highest BCUT2D eigenvalue weighted by atomic mass is 32.3. The molecular weight excluding hydrogens is 613 g/mol. The summed E-state index contributed by atoms with van der Waals surface area (Å²) in [5.41, 5.74) is 0.663. The van der Waals surface area contributed by atoms with Crippen LogP contribution >= 0.6 is 0 Å². The predicted octanol–water partition coefficient (Wildman–Crippen LogP) is 5.66. The van der Waals surface area contributed by atoms with E-state index in [0.29, 0.717) is 18.4 Å². The number of aliphatic hydroxyl groups is 2. The Morgan fingerprint density at radius 2 is 1.60 bits per heavy atom. The molecule has 0 aromatic heterocycles. The van der Waals surface area contributed by atoms with Gasteiger partial charge in [0.1, 0.15) is 0 Å². The zero-order valence-corrected chi connectivity index (χ0v) is 27.9. The number of fused-ring (bicyclic) bond motifs is 1. The molecule has 0 radical (unpaired) electrons. The van der Waals surface area contributed by atoms with Crippen LogP contribution in [0.2, 0.25) is 0 Å². The van der Waals surface area contributed by atoms with Gasteiger partial charge >= 0.3 is 5.97 Å². The number of methoxy groups -OCH3 is 1. The number of ether oxygens (including phenoxy) is 1. The molecular formula is C35H46O8S2. The third kappa shape index (κ3) is 7.29. The molecule has 45 heavy (non-hydrogen) atoms. The first-order valence-electron chi connectivity index (χ1n) is 15.8. The van der Waals surface area contributed by atoms with Gasteiger partial charge in [-0.3, -0.25) is 4.79 Å². The Morgan fingerprint density at radius 1 is 1.02 bits per heavy atom. The molecule has 0 saturated heterocycles.